The highest BCUT2D eigenvalue weighted by Gasteiger charge is 2.27. The number of hydrogen-bond donors (Lipinski definition) is 1. The molecule has 1 unspecified atom stereocenters. The molecule has 18 heavy (non-hydrogen) atoms. The highest BCUT2D eigenvalue weighted by molar-refractivity contribution is 6.31. The lowest BCUT2D eigenvalue weighted by atomic mass is 9.81. The van der Waals surface area contributed by atoms with Gasteiger partial charge in [0.2, 0.25) is 0 Å². The van der Waals surface area contributed by atoms with E-state index in [0.717, 1.165) is 17.9 Å². The van der Waals surface area contributed by atoms with Crippen molar-refractivity contribution >= 4 is 24.0 Å². The van der Waals surface area contributed by atoms with Crippen molar-refractivity contribution in [2.45, 2.75) is 32.1 Å². The van der Waals surface area contributed by atoms with E-state index in [0.29, 0.717) is 5.92 Å². The molecule has 2 nitrogen and oxygen atoms in total. The summed E-state index contributed by atoms with van der Waals surface area (Å²) in [5.74, 6) is 0.409. The molecule has 0 fully saturated rings. The van der Waals surface area contributed by atoms with Crippen molar-refractivity contribution in [2.24, 2.45) is 0 Å². The Labute approximate surface area is 118 Å². The largest absolute Gasteiger partial charge is 0.282 e. The van der Waals surface area contributed by atoms with E-state index in [2.05, 4.69) is 29.3 Å². The van der Waals surface area contributed by atoms with Crippen LogP contribution in [0.15, 0.2) is 24.3 Å². The van der Waals surface area contributed by atoms with Gasteiger partial charge in [-0.15, -0.1) is 12.4 Å². The molecule has 1 aliphatic carbocycles. The van der Waals surface area contributed by atoms with Crippen molar-refractivity contribution in [3.05, 3.63) is 51.8 Å². The fraction of sp³-hybridized carbons (Fsp3) is 0.357. The second-order valence-electron chi connectivity index (χ2n) is 4.68. The number of aryl methyl sites for hydroxylation is 2. The van der Waals surface area contributed by atoms with Crippen LogP contribution in [0.1, 0.15) is 41.3 Å². The summed E-state index contributed by atoms with van der Waals surface area (Å²) in [7, 11) is 0. The van der Waals surface area contributed by atoms with E-state index in [-0.39, 0.29) is 12.4 Å². The van der Waals surface area contributed by atoms with Gasteiger partial charge in [0, 0.05) is 22.2 Å². The zero-order chi connectivity index (χ0) is 11.8. The summed E-state index contributed by atoms with van der Waals surface area (Å²) < 4.78 is 0. The average Bonchev–Trinajstić information content (AvgIpc) is 2.72. The van der Waals surface area contributed by atoms with Gasteiger partial charge in [-0.25, -0.2) is 0 Å². The number of nitrogens with one attached hydrogen (secondary N) is 1. The predicted molar refractivity (Wildman–Crippen MR) is 76.8 cm³/mol. The van der Waals surface area contributed by atoms with Gasteiger partial charge < -0.3 is 0 Å². The normalized spacial score (nSPS) is 18.0. The van der Waals surface area contributed by atoms with Crippen molar-refractivity contribution in [3.8, 4) is 0 Å². The van der Waals surface area contributed by atoms with Gasteiger partial charge in [-0.1, -0.05) is 29.8 Å². The van der Waals surface area contributed by atoms with Crippen molar-refractivity contribution < 1.29 is 0 Å². The Bertz CT molecular complexity index is 548. The quantitative estimate of drug-likeness (QED) is 0.832. The molecule has 0 amide bonds. The van der Waals surface area contributed by atoms with Gasteiger partial charge in [0.25, 0.3) is 0 Å². The first-order valence-electron chi connectivity index (χ1n) is 6.05. The minimum absolute atomic E-state index is 0. The molecule has 0 saturated heterocycles. The fourth-order valence-electron chi connectivity index (χ4n) is 2.83. The Morgan fingerprint density at radius 2 is 2.11 bits per heavy atom. The summed E-state index contributed by atoms with van der Waals surface area (Å²) >= 11 is 6.31. The highest BCUT2D eigenvalue weighted by atomic mass is 35.5. The molecule has 0 radical (unpaired) electrons. The second-order valence-corrected chi connectivity index (χ2v) is 5.08. The van der Waals surface area contributed by atoms with Crippen molar-refractivity contribution in [3.63, 3.8) is 0 Å². The first-order chi connectivity index (χ1) is 8.27. The maximum Gasteiger partial charge on any atom is 0.0663 e. The third-order valence-electron chi connectivity index (χ3n) is 3.61. The van der Waals surface area contributed by atoms with Gasteiger partial charge in [0.05, 0.1) is 5.69 Å². The Kier molecular flexibility index (Phi) is 3.98. The van der Waals surface area contributed by atoms with Crippen LogP contribution in [0.25, 0.3) is 0 Å². The van der Waals surface area contributed by atoms with Gasteiger partial charge in [-0.2, -0.15) is 5.10 Å². The predicted octanol–water partition coefficient (Wildman–Crippen LogP) is 4.26. The van der Waals surface area contributed by atoms with E-state index in [4.69, 9.17) is 11.6 Å². The molecule has 1 heterocycles. The van der Waals surface area contributed by atoms with E-state index in [1.807, 2.05) is 12.1 Å². The average molecular weight is 283 g/mol. The molecule has 1 aliphatic rings. The van der Waals surface area contributed by atoms with Crippen LogP contribution in [0.4, 0.5) is 0 Å². The highest BCUT2D eigenvalue weighted by Crippen LogP contribution is 2.39. The summed E-state index contributed by atoms with van der Waals surface area (Å²) in [6, 6.07) is 8.15. The van der Waals surface area contributed by atoms with Gasteiger partial charge in [0.15, 0.2) is 0 Å². The van der Waals surface area contributed by atoms with E-state index in [9.17, 15) is 0 Å². The maximum absolute atomic E-state index is 6.31. The van der Waals surface area contributed by atoms with Crippen LogP contribution in [0.3, 0.4) is 0 Å². The number of H-pyrrole nitrogens is 1. The standard InChI is InChI=1S/C14H15ClN2.ClH/c1-9-14-11(6-4-8-13(14)17-16-9)10-5-2-3-7-12(10)15;/h2-3,5,7,11H,4,6,8H2,1H3,(H,16,17);1H. The summed E-state index contributed by atoms with van der Waals surface area (Å²) in [5.41, 5.74) is 5.01. The lowest BCUT2D eigenvalue weighted by Gasteiger charge is -2.23. The molecule has 3 rings (SSSR count). The minimum atomic E-state index is 0. The van der Waals surface area contributed by atoms with E-state index < -0.39 is 0 Å². The molecule has 0 spiro atoms. The van der Waals surface area contributed by atoms with Crippen LogP contribution in [0.5, 0.6) is 0 Å². The zero-order valence-corrected chi connectivity index (χ0v) is 11.8. The Hall–Kier alpha value is -0.990. The summed E-state index contributed by atoms with van der Waals surface area (Å²) in [4.78, 5) is 0. The smallest absolute Gasteiger partial charge is 0.0663 e. The van der Waals surface area contributed by atoms with Crippen molar-refractivity contribution in [1.29, 1.82) is 0 Å². The number of aromatic nitrogens is 2. The SMILES string of the molecule is Cc1[nH]nc2c1C(c1ccccc1Cl)CCC2.Cl. The third kappa shape index (κ3) is 2.15. The fourth-order valence-corrected chi connectivity index (χ4v) is 3.10. The number of benzene rings is 1. The lowest BCUT2D eigenvalue weighted by Crippen LogP contribution is -2.11. The first-order valence-corrected chi connectivity index (χ1v) is 6.43. The van der Waals surface area contributed by atoms with Gasteiger partial charge in [0.1, 0.15) is 0 Å². The molecular formula is C14H16Cl2N2. The van der Waals surface area contributed by atoms with Crippen LogP contribution >= 0.6 is 24.0 Å². The minimum Gasteiger partial charge on any atom is -0.282 e. The molecule has 1 aromatic heterocycles. The Balaban J connectivity index is 0.00000120. The van der Waals surface area contributed by atoms with Crippen LogP contribution in [-0.4, -0.2) is 10.2 Å². The van der Waals surface area contributed by atoms with Crippen molar-refractivity contribution in [2.75, 3.05) is 0 Å². The summed E-state index contributed by atoms with van der Waals surface area (Å²) in [5, 5.41) is 8.37. The van der Waals surface area contributed by atoms with Gasteiger partial charge in [-0.05, 0) is 37.8 Å². The molecule has 1 aromatic carbocycles. The number of halogens is 2. The number of rotatable bonds is 1. The third-order valence-corrected chi connectivity index (χ3v) is 3.95. The van der Waals surface area contributed by atoms with Crippen LogP contribution in [0.2, 0.25) is 5.02 Å². The Morgan fingerprint density at radius 1 is 1.33 bits per heavy atom. The first kappa shape index (κ1) is 13.4. The molecule has 0 bridgehead atoms. The zero-order valence-electron chi connectivity index (χ0n) is 10.2. The topological polar surface area (TPSA) is 28.7 Å². The summed E-state index contributed by atoms with van der Waals surface area (Å²) in [6.45, 7) is 2.10. The summed E-state index contributed by atoms with van der Waals surface area (Å²) in [6.07, 6.45) is 3.44. The van der Waals surface area contributed by atoms with E-state index in [1.54, 1.807) is 0 Å². The molecule has 1 N–H and O–H groups in total. The maximum atomic E-state index is 6.31. The van der Waals surface area contributed by atoms with Crippen LogP contribution in [0, 0.1) is 6.92 Å². The Morgan fingerprint density at radius 3 is 2.89 bits per heavy atom. The second kappa shape index (κ2) is 5.33. The van der Waals surface area contributed by atoms with Gasteiger partial charge in [-0.3, -0.25) is 5.10 Å². The van der Waals surface area contributed by atoms with E-state index >= 15 is 0 Å². The molecule has 0 aliphatic heterocycles. The number of nitrogens with zero attached hydrogens (tertiary/aromatic N) is 1. The molecule has 96 valence electrons. The van der Waals surface area contributed by atoms with E-state index in [1.165, 1.54) is 28.9 Å². The van der Waals surface area contributed by atoms with Crippen LogP contribution in [-0.2, 0) is 6.42 Å². The van der Waals surface area contributed by atoms with Crippen molar-refractivity contribution in [1.82, 2.24) is 10.2 Å². The molecule has 1 atom stereocenters. The monoisotopic (exact) mass is 282 g/mol. The van der Waals surface area contributed by atoms with Gasteiger partial charge >= 0.3 is 0 Å². The molecule has 4 heteroatoms. The van der Waals surface area contributed by atoms with Crippen LogP contribution < -0.4 is 0 Å². The molecule has 0 saturated carbocycles. The number of hydrogen-bond acceptors (Lipinski definition) is 1. The molecule has 2 aromatic rings. The number of aromatic amines is 1. The lowest BCUT2D eigenvalue weighted by molar-refractivity contribution is 0.608. The molecular weight excluding hydrogens is 267 g/mol. The number of fused-ring (bicyclic) bond motifs is 1.